The van der Waals surface area contributed by atoms with Crippen LogP contribution in [0.4, 0.5) is 0 Å². The minimum Gasteiger partial charge on any atom is -0.273 e. The molecule has 1 N–H and O–H groups in total. The first-order valence-corrected chi connectivity index (χ1v) is 6.67. The highest BCUT2D eigenvalue weighted by Crippen LogP contribution is 2.21. The number of nitrogens with one attached hydrogen (secondary N) is 1. The van der Waals surface area contributed by atoms with Gasteiger partial charge in [-0.2, -0.15) is 10.2 Å². The van der Waals surface area contributed by atoms with Gasteiger partial charge in [-0.1, -0.05) is 13.0 Å². The van der Waals surface area contributed by atoms with Crippen LogP contribution in [0.3, 0.4) is 0 Å². The molecular weight excluding hydrogens is 268 g/mol. The Kier molecular flexibility index (Phi) is 2.47. The number of benzene rings is 1. The van der Waals surface area contributed by atoms with Gasteiger partial charge in [-0.3, -0.25) is 4.79 Å². The van der Waals surface area contributed by atoms with E-state index in [9.17, 15) is 4.79 Å². The molecule has 2 aromatic heterocycles. The molecular formula is C14H12N6O. The topological polar surface area (TPSA) is 84.5 Å². The van der Waals surface area contributed by atoms with Gasteiger partial charge in [-0.25, -0.2) is 19.9 Å². The fourth-order valence-corrected chi connectivity index (χ4v) is 2.63. The first-order valence-electron chi connectivity index (χ1n) is 6.67. The van der Waals surface area contributed by atoms with Crippen LogP contribution >= 0.6 is 0 Å². The van der Waals surface area contributed by atoms with Crippen molar-refractivity contribution in [2.45, 2.75) is 13.3 Å². The number of amides is 1. The number of carbonyl (C=O) groups is 1. The Morgan fingerprint density at radius 3 is 3.10 bits per heavy atom. The number of carbonyl (C=O) groups excluding carboxylic acids is 1. The summed E-state index contributed by atoms with van der Waals surface area (Å²) in [5.74, 6) is 0.0448. The molecule has 1 unspecified atom stereocenters. The largest absolute Gasteiger partial charge is 0.273 e. The standard InChI is InChI=1S/C14H12N6O/c1-8-4-12(21)18-19-13(8)9-2-3-10-11(5-9)16-7-20-14(10)15-6-17-20/h2-3,5-8H,4H2,1H3,(H,18,21). The smallest absolute Gasteiger partial charge is 0.240 e. The Hall–Kier alpha value is -2.83. The Morgan fingerprint density at radius 1 is 1.33 bits per heavy atom. The SMILES string of the molecule is CC1CC(=O)NN=C1c1ccc2c(c1)ncn1ncnc21. The van der Waals surface area contributed by atoms with Crippen molar-refractivity contribution in [2.24, 2.45) is 11.0 Å². The molecule has 21 heavy (non-hydrogen) atoms. The molecule has 104 valence electrons. The summed E-state index contributed by atoms with van der Waals surface area (Å²) in [5.41, 5.74) is 5.99. The van der Waals surface area contributed by atoms with E-state index in [4.69, 9.17) is 0 Å². The van der Waals surface area contributed by atoms with E-state index in [2.05, 4.69) is 25.6 Å². The van der Waals surface area contributed by atoms with Gasteiger partial charge in [0.25, 0.3) is 0 Å². The van der Waals surface area contributed by atoms with Crippen molar-refractivity contribution in [1.29, 1.82) is 0 Å². The van der Waals surface area contributed by atoms with Crippen LogP contribution in [0.15, 0.2) is 36.0 Å². The second-order valence-corrected chi connectivity index (χ2v) is 5.14. The second kappa shape index (κ2) is 4.34. The first kappa shape index (κ1) is 12.0. The van der Waals surface area contributed by atoms with Crippen LogP contribution in [0.25, 0.3) is 16.6 Å². The van der Waals surface area contributed by atoms with Gasteiger partial charge in [0.15, 0.2) is 5.65 Å². The van der Waals surface area contributed by atoms with Crippen LogP contribution < -0.4 is 5.43 Å². The molecule has 1 aliphatic heterocycles. The maximum Gasteiger partial charge on any atom is 0.240 e. The van der Waals surface area contributed by atoms with E-state index < -0.39 is 0 Å². The van der Waals surface area contributed by atoms with Crippen molar-refractivity contribution in [1.82, 2.24) is 25.0 Å². The van der Waals surface area contributed by atoms with Gasteiger partial charge in [0.1, 0.15) is 12.7 Å². The lowest BCUT2D eigenvalue weighted by Crippen LogP contribution is -2.31. The molecule has 3 heterocycles. The minimum atomic E-state index is -0.0460. The fraction of sp³-hybridized carbons (Fsp3) is 0.214. The number of rotatable bonds is 1. The molecule has 3 aromatic rings. The quantitative estimate of drug-likeness (QED) is 0.724. The summed E-state index contributed by atoms with van der Waals surface area (Å²) in [6, 6.07) is 5.91. The van der Waals surface area contributed by atoms with E-state index in [1.165, 1.54) is 6.33 Å². The predicted molar refractivity (Wildman–Crippen MR) is 76.7 cm³/mol. The Labute approximate surface area is 119 Å². The summed E-state index contributed by atoms with van der Waals surface area (Å²) in [6.45, 7) is 2.00. The van der Waals surface area contributed by atoms with Crippen LogP contribution in [0, 0.1) is 5.92 Å². The molecule has 1 aliphatic rings. The maximum absolute atomic E-state index is 11.3. The Morgan fingerprint density at radius 2 is 2.24 bits per heavy atom. The van der Waals surface area contributed by atoms with Gasteiger partial charge in [-0.05, 0) is 12.1 Å². The molecule has 4 rings (SSSR count). The Bertz CT molecular complexity index is 897. The monoisotopic (exact) mass is 280 g/mol. The molecule has 0 fully saturated rings. The van der Waals surface area contributed by atoms with Crippen LogP contribution in [0.5, 0.6) is 0 Å². The van der Waals surface area contributed by atoms with Crippen LogP contribution in [-0.2, 0) is 4.79 Å². The van der Waals surface area contributed by atoms with Crippen molar-refractivity contribution in [3.05, 3.63) is 36.4 Å². The lowest BCUT2D eigenvalue weighted by Gasteiger charge is -2.19. The van der Waals surface area contributed by atoms with Gasteiger partial charge in [0.05, 0.1) is 11.2 Å². The van der Waals surface area contributed by atoms with Crippen LogP contribution in [0.2, 0.25) is 0 Å². The van der Waals surface area contributed by atoms with Crippen LogP contribution in [-0.4, -0.2) is 31.2 Å². The van der Waals surface area contributed by atoms with Gasteiger partial charge in [-0.15, -0.1) is 0 Å². The number of hydrazone groups is 1. The van der Waals surface area contributed by atoms with Crippen LogP contribution in [0.1, 0.15) is 18.9 Å². The van der Waals surface area contributed by atoms with E-state index >= 15 is 0 Å². The molecule has 1 amide bonds. The number of hydrogen-bond acceptors (Lipinski definition) is 5. The van der Waals surface area contributed by atoms with E-state index in [1.807, 2.05) is 25.1 Å². The maximum atomic E-state index is 11.3. The summed E-state index contributed by atoms with van der Waals surface area (Å²) in [4.78, 5) is 20.0. The summed E-state index contributed by atoms with van der Waals surface area (Å²) < 4.78 is 1.64. The van der Waals surface area contributed by atoms with Crippen molar-refractivity contribution < 1.29 is 4.79 Å². The summed E-state index contributed by atoms with van der Waals surface area (Å²) >= 11 is 0. The highest BCUT2D eigenvalue weighted by Gasteiger charge is 2.22. The average molecular weight is 280 g/mol. The Balaban J connectivity index is 1.87. The van der Waals surface area contributed by atoms with Crippen molar-refractivity contribution in [3.63, 3.8) is 0 Å². The molecule has 7 heteroatoms. The van der Waals surface area contributed by atoms with E-state index in [1.54, 1.807) is 10.8 Å². The average Bonchev–Trinajstić information content (AvgIpc) is 2.95. The number of fused-ring (bicyclic) bond motifs is 3. The summed E-state index contributed by atoms with van der Waals surface area (Å²) in [7, 11) is 0. The first-order chi connectivity index (χ1) is 10.2. The molecule has 0 radical (unpaired) electrons. The molecule has 0 saturated heterocycles. The van der Waals surface area contributed by atoms with E-state index in [0.717, 1.165) is 27.8 Å². The van der Waals surface area contributed by atoms with Gasteiger partial charge >= 0.3 is 0 Å². The van der Waals surface area contributed by atoms with E-state index in [-0.39, 0.29) is 11.8 Å². The predicted octanol–water partition coefficient (Wildman–Crippen LogP) is 1.14. The highest BCUT2D eigenvalue weighted by molar-refractivity contribution is 6.08. The number of hydrogen-bond donors (Lipinski definition) is 1. The third-order valence-electron chi connectivity index (χ3n) is 3.67. The zero-order chi connectivity index (χ0) is 14.4. The molecule has 1 atom stereocenters. The van der Waals surface area contributed by atoms with Gasteiger partial charge in [0, 0.05) is 23.3 Å². The molecule has 7 nitrogen and oxygen atoms in total. The zero-order valence-corrected chi connectivity index (χ0v) is 11.3. The van der Waals surface area contributed by atoms with Gasteiger partial charge in [0.2, 0.25) is 5.91 Å². The minimum absolute atomic E-state index is 0.0460. The second-order valence-electron chi connectivity index (χ2n) is 5.14. The lowest BCUT2D eigenvalue weighted by atomic mass is 9.93. The third kappa shape index (κ3) is 1.85. The fourth-order valence-electron chi connectivity index (χ4n) is 2.63. The van der Waals surface area contributed by atoms with E-state index in [0.29, 0.717) is 6.42 Å². The van der Waals surface area contributed by atoms with Gasteiger partial charge < -0.3 is 0 Å². The molecule has 0 bridgehead atoms. The van der Waals surface area contributed by atoms with Crippen molar-refractivity contribution >= 4 is 28.2 Å². The highest BCUT2D eigenvalue weighted by atomic mass is 16.2. The molecule has 0 spiro atoms. The zero-order valence-electron chi connectivity index (χ0n) is 11.3. The molecule has 1 aromatic carbocycles. The number of nitrogens with zero attached hydrogens (tertiary/aromatic N) is 5. The number of aromatic nitrogens is 4. The van der Waals surface area contributed by atoms with Crippen molar-refractivity contribution in [2.75, 3.05) is 0 Å². The molecule has 0 aliphatic carbocycles. The van der Waals surface area contributed by atoms with Crippen molar-refractivity contribution in [3.8, 4) is 0 Å². The normalized spacial score (nSPS) is 18.8. The lowest BCUT2D eigenvalue weighted by molar-refractivity contribution is -0.121. The molecule has 0 saturated carbocycles. The third-order valence-corrected chi connectivity index (χ3v) is 3.67. The summed E-state index contributed by atoms with van der Waals surface area (Å²) in [5, 5.41) is 9.19. The summed E-state index contributed by atoms with van der Waals surface area (Å²) in [6.07, 6.45) is 3.60.